The number of nitrogens with zero attached hydrogens (tertiary/aromatic N) is 2. The van der Waals surface area contributed by atoms with E-state index in [9.17, 15) is 4.79 Å². The van der Waals surface area contributed by atoms with Gasteiger partial charge in [0.1, 0.15) is 12.8 Å². The zero-order valence-electron chi connectivity index (χ0n) is 13.3. The minimum atomic E-state index is -0.288. The van der Waals surface area contributed by atoms with Gasteiger partial charge in [0.2, 0.25) is 0 Å². The van der Waals surface area contributed by atoms with Gasteiger partial charge < -0.3 is 9.47 Å². The van der Waals surface area contributed by atoms with Crippen molar-refractivity contribution in [3.8, 4) is 0 Å². The molecule has 2 unspecified atom stereocenters. The summed E-state index contributed by atoms with van der Waals surface area (Å²) in [6.45, 7) is 4.62. The topological polar surface area (TPSA) is 42.0 Å². The van der Waals surface area contributed by atoms with Crippen molar-refractivity contribution in [3.63, 3.8) is 0 Å². The summed E-state index contributed by atoms with van der Waals surface area (Å²) in [6, 6.07) is 10.2. The van der Waals surface area contributed by atoms with E-state index < -0.39 is 0 Å². The van der Waals surface area contributed by atoms with Crippen LogP contribution in [0.3, 0.4) is 0 Å². The average molecular weight is 304 g/mol. The fourth-order valence-corrected chi connectivity index (χ4v) is 3.25. The summed E-state index contributed by atoms with van der Waals surface area (Å²) in [7, 11) is 0. The number of fused-ring (bicyclic) bond motifs is 1. The Kier molecular flexibility index (Phi) is 4.64. The van der Waals surface area contributed by atoms with Crippen molar-refractivity contribution in [1.82, 2.24) is 10.0 Å². The molecule has 0 aromatic heterocycles. The maximum Gasteiger partial charge on any atom is 0.427 e. The molecule has 1 aromatic rings. The zero-order valence-corrected chi connectivity index (χ0v) is 13.3. The summed E-state index contributed by atoms with van der Waals surface area (Å²) >= 11 is 0. The van der Waals surface area contributed by atoms with Crippen molar-refractivity contribution in [2.24, 2.45) is 0 Å². The average Bonchev–Trinajstić information content (AvgIpc) is 2.89. The summed E-state index contributed by atoms with van der Waals surface area (Å²) in [4.78, 5) is 12.3. The highest BCUT2D eigenvalue weighted by Crippen LogP contribution is 2.38. The van der Waals surface area contributed by atoms with Gasteiger partial charge in [0.15, 0.2) is 6.23 Å². The fraction of sp³-hybridized carbons (Fsp3) is 0.588. The lowest BCUT2D eigenvalue weighted by Gasteiger charge is -2.41. The Morgan fingerprint density at radius 2 is 1.77 bits per heavy atom. The first kappa shape index (κ1) is 15.3. The highest BCUT2D eigenvalue weighted by Gasteiger charge is 2.49. The van der Waals surface area contributed by atoms with Gasteiger partial charge in [0.25, 0.3) is 0 Å². The van der Waals surface area contributed by atoms with E-state index in [1.807, 2.05) is 18.2 Å². The van der Waals surface area contributed by atoms with Gasteiger partial charge in [-0.2, -0.15) is 5.01 Å². The number of benzene rings is 1. The Labute approximate surface area is 131 Å². The number of rotatable bonds is 5. The van der Waals surface area contributed by atoms with E-state index in [0.717, 1.165) is 31.2 Å². The standard InChI is InChI=1S/C17H24N2O3/c1-3-8-15-18-14(13-10-6-5-7-11-13)12-21-17(20)19(18)16(22-15)9-4-2/h5-7,10-11,14-16H,3-4,8-9,12H2,1-2H3/t14-,15?,16?/m0/s1. The highest BCUT2D eigenvalue weighted by atomic mass is 16.6. The number of hydrogen-bond acceptors (Lipinski definition) is 4. The predicted octanol–water partition coefficient (Wildman–Crippen LogP) is 3.68. The van der Waals surface area contributed by atoms with E-state index in [1.165, 1.54) is 0 Å². The molecule has 5 nitrogen and oxygen atoms in total. The molecule has 3 atom stereocenters. The molecule has 5 heteroatoms. The molecule has 0 saturated carbocycles. The number of carbonyl (C=O) groups is 1. The molecule has 1 aromatic carbocycles. The van der Waals surface area contributed by atoms with Crippen LogP contribution in [-0.4, -0.2) is 35.2 Å². The lowest BCUT2D eigenvalue weighted by atomic mass is 10.1. The molecule has 0 N–H and O–H groups in total. The minimum absolute atomic E-state index is 0.0253. The van der Waals surface area contributed by atoms with Crippen LogP contribution in [0.5, 0.6) is 0 Å². The number of hydrogen-bond donors (Lipinski definition) is 0. The molecule has 3 rings (SSSR count). The molecule has 2 heterocycles. The Morgan fingerprint density at radius 3 is 2.45 bits per heavy atom. The van der Waals surface area contributed by atoms with Crippen molar-refractivity contribution in [1.29, 1.82) is 0 Å². The molecule has 120 valence electrons. The molecule has 2 aliphatic rings. The normalized spacial score (nSPS) is 28.5. The first-order chi connectivity index (χ1) is 10.8. The van der Waals surface area contributed by atoms with Crippen LogP contribution < -0.4 is 0 Å². The van der Waals surface area contributed by atoms with Gasteiger partial charge in [0, 0.05) is 0 Å². The maximum atomic E-state index is 12.3. The SMILES string of the molecule is CCCC1OC(CCC)N2[C@H](c3ccccc3)COC(=O)N12. The zero-order chi connectivity index (χ0) is 15.5. The smallest absolute Gasteiger partial charge is 0.427 e. The Hall–Kier alpha value is -1.59. The number of cyclic esters (lactones) is 1. The van der Waals surface area contributed by atoms with Crippen molar-refractivity contribution < 1.29 is 14.3 Å². The summed E-state index contributed by atoms with van der Waals surface area (Å²) < 4.78 is 11.6. The number of carbonyl (C=O) groups excluding carboxylic acids is 1. The van der Waals surface area contributed by atoms with E-state index in [0.29, 0.717) is 6.61 Å². The van der Waals surface area contributed by atoms with Crippen LogP contribution >= 0.6 is 0 Å². The van der Waals surface area contributed by atoms with Gasteiger partial charge in [-0.3, -0.25) is 0 Å². The maximum absolute atomic E-state index is 12.3. The number of ether oxygens (including phenoxy) is 2. The third-order valence-corrected chi connectivity index (χ3v) is 4.26. The van der Waals surface area contributed by atoms with Crippen LogP contribution in [0.4, 0.5) is 4.79 Å². The lowest BCUT2D eigenvalue weighted by Crippen LogP contribution is -2.54. The minimum Gasteiger partial charge on any atom is -0.446 e. The van der Waals surface area contributed by atoms with Crippen LogP contribution in [0.25, 0.3) is 0 Å². The van der Waals surface area contributed by atoms with Crippen molar-refractivity contribution in [3.05, 3.63) is 35.9 Å². The van der Waals surface area contributed by atoms with Crippen LogP contribution in [-0.2, 0) is 9.47 Å². The van der Waals surface area contributed by atoms with Crippen molar-refractivity contribution in [2.75, 3.05) is 6.61 Å². The van der Waals surface area contributed by atoms with Crippen molar-refractivity contribution in [2.45, 2.75) is 58.0 Å². The molecule has 2 fully saturated rings. The van der Waals surface area contributed by atoms with Crippen LogP contribution in [0.2, 0.25) is 0 Å². The second-order valence-electron chi connectivity index (χ2n) is 5.85. The monoisotopic (exact) mass is 304 g/mol. The quantitative estimate of drug-likeness (QED) is 0.832. The van der Waals surface area contributed by atoms with Crippen molar-refractivity contribution >= 4 is 6.09 Å². The molecule has 0 aliphatic carbocycles. The van der Waals surface area contributed by atoms with E-state index >= 15 is 0 Å². The molecule has 1 amide bonds. The van der Waals surface area contributed by atoms with Gasteiger partial charge in [-0.15, -0.1) is 0 Å². The molecular weight excluding hydrogens is 280 g/mol. The van der Waals surface area contributed by atoms with Gasteiger partial charge in [-0.1, -0.05) is 57.0 Å². The largest absolute Gasteiger partial charge is 0.446 e. The first-order valence-corrected chi connectivity index (χ1v) is 8.20. The second kappa shape index (κ2) is 6.67. The molecule has 0 bridgehead atoms. The molecular formula is C17H24N2O3. The lowest BCUT2D eigenvalue weighted by molar-refractivity contribution is -0.111. The third kappa shape index (κ3) is 2.71. The Morgan fingerprint density at radius 1 is 1.09 bits per heavy atom. The van der Waals surface area contributed by atoms with Gasteiger partial charge in [-0.05, 0) is 18.4 Å². The van der Waals surface area contributed by atoms with Crippen LogP contribution in [0.15, 0.2) is 30.3 Å². The van der Waals surface area contributed by atoms with E-state index in [4.69, 9.17) is 9.47 Å². The Bertz CT molecular complexity index is 508. The molecule has 0 spiro atoms. The highest BCUT2D eigenvalue weighted by molar-refractivity contribution is 5.68. The van der Waals surface area contributed by atoms with E-state index in [2.05, 4.69) is 31.0 Å². The molecule has 22 heavy (non-hydrogen) atoms. The summed E-state index contributed by atoms with van der Waals surface area (Å²) in [5, 5.41) is 3.80. The van der Waals surface area contributed by atoms with Crippen LogP contribution in [0, 0.1) is 0 Å². The molecule has 2 aliphatic heterocycles. The number of hydrazine groups is 1. The molecule has 2 saturated heterocycles. The summed E-state index contributed by atoms with van der Waals surface area (Å²) in [5.41, 5.74) is 1.15. The van der Waals surface area contributed by atoms with E-state index in [1.54, 1.807) is 5.01 Å². The van der Waals surface area contributed by atoms with E-state index in [-0.39, 0.29) is 24.6 Å². The first-order valence-electron chi connectivity index (χ1n) is 8.20. The Balaban J connectivity index is 1.92. The summed E-state index contributed by atoms with van der Waals surface area (Å²) in [6.07, 6.45) is 3.17. The third-order valence-electron chi connectivity index (χ3n) is 4.26. The summed E-state index contributed by atoms with van der Waals surface area (Å²) in [5.74, 6) is 0. The van der Waals surface area contributed by atoms with Crippen LogP contribution in [0.1, 0.15) is 51.1 Å². The van der Waals surface area contributed by atoms with Gasteiger partial charge in [0.05, 0.1) is 6.04 Å². The second-order valence-corrected chi connectivity index (χ2v) is 5.85. The fourth-order valence-electron chi connectivity index (χ4n) is 3.25. The molecule has 0 radical (unpaired) electrons. The van der Waals surface area contributed by atoms with Gasteiger partial charge in [-0.25, -0.2) is 9.80 Å². The number of amides is 1. The van der Waals surface area contributed by atoms with Gasteiger partial charge >= 0.3 is 6.09 Å². The predicted molar refractivity (Wildman–Crippen MR) is 82.7 cm³/mol.